The molecule has 0 amide bonds. The third-order valence-corrected chi connectivity index (χ3v) is 3.56. The van der Waals surface area contributed by atoms with Crippen molar-refractivity contribution in [3.8, 4) is 0 Å². The van der Waals surface area contributed by atoms with Crippen molar-refractivity contribution in [1.82, 2.24) is 4.90 Å². The second kappa shape index (κ2) is 9.54. The van der Waals surface area contributed by atoms with Gasteiger partial charge in [-0.25, -0.2) is 0 Å². The van der Waals surface area contributed by atoms with Crippen LogP contribution in [0.5, 0.6) is 0 Å². The molecule has 0 aliphatic carbocycles. The van der Waals surface area contributed by atoms with Gasteiger partial charge in [-0.1, -0.05) is 50.6 Å². The lowest BCUT2D eigenvalue weighted by molar-refractivity contribution is -0.141. The van der Waals surface area contributed by atoms with E-state index in [4.69, 9.17) is 5.11 Å². The van der Waals surface area contributed by atoms with Crippen LogP contribution in [0.3, 0.4) is 0 Å². The molecule has 1 rings (SSSR count). The number of carbonyl (C=O) groups is 1. The first-order valence-corrected chi connectivity index (χ1v) is 7.62. The lowest BCUT2D eigenvalue weighted by Gasteiger charge is -2.24. The first-order valence-electron chi connectivity index (χ1n) is 7.62. The molecule has 0 aliphatic rings. The molecule has 1 aromatic carbocycles. The first kappa shape index (κ1) is 16.7. The largest absolute Gasteiger partial charge is 0.481 e. The van der Waals surface area contributed by atoms with Gasteiger partial charge in [0.05, 0.1) is 5.92 Å². The van der Waals surface area contributed by atoms with E-state index in [1.807, 2.05) is 6.07 Å². The first-order chi connectivity index (χ1) is 9.63. The zero-order chi connectivity index (χ0) is 14.8. The molecular weight excluding hydrogens is 250 g/mol. The van der Waals surface area contributed by atoms with E-state index in [0.717, 1.165) is 38.8 Å². The highest BCUT2D eigenvalue weighted by atomic mass is 16.4. The average molecular weight is 277 g/mol. The van der Waals surface area contributed by atoms with E-state index in [1.54, 1.807) is 6.92 Å². The van der Waals surface area contributed by atoms with Crippen LogP contribution >= 0.6 is 0 Å². The topological polar surface area (TPSA) is 40.5 Å². The minimum absolute atomic E-state index is 0.288. The Hall–Kier alpha value is -1.35. The lowest BCUT2D eigenvalue weighted by atomic mass is 10.1. The predicted octanol–water partition coefficient (Wildman–Crippen LogP) is 3.44. The number of carboxylic acids is 1. The number of hydrogen-bond donors (Lipinski definition) is 1. The third kappa shape index (κ3) is 6.71. The molecule has 20 heavy (non-hydrogen) atoms. The summed E-state index contributed by atoms with van der Waals surface area (Å²) >= 11 is 0. The maximum atomic E-state index is 11.0. The highest BCUT2D eigenvalue weighted by Gasteiger charge is 2.15. The standard InChI is InChI=1S/C17H27NO2/c1-3-4-12-18(14-15(2)17(19)20)13-8-11-16-9-6-5-7-10-16/h5-7,9-10,15H,3-4,8,11-14H2,1-2H3,(H,19,20). The van der Waals surface area contributed by atoms with Gasteiger partial charge in [0.25, 0.3) is 0 Å². The van der Waals surface area contributed by atoms with Crippen LogP contribution in [0.15, 0.2) is 30.3 Å². The van der Waals surface area contributed by atoms with Gasteiger partial charge in [0.2, 0.25) is 0 Å². The van der Waals surface area contributed by atoms with E-state index in [-0.39, 0.29) is 5.92 Å². The molecule has 0 bridgehead atoms. The summed E-state index contributed by atoms with van der Waals surface area (Å²) in [7, 11) is 0. The normalized spacial score (nSPS) is 12.6. The second-order valence-electron chi connectivity index (χ2n) is 5.48. The molecule has 1 N–H and O–H groups in total. The van der Waals surface area contributed by atoms with E-state index >= 15 is 0 Å². The monoisotopic (exact) mass is 277 g/mol. The summed E-state index contributed by atoms with van der Waals surface area (Å²) in [4.78, 5) is 13.3. The summed E-state index contributed by atoms with van der Waals surface area (Å²) in [5.41, 5.74) is 1.36. The summed E-state index contributed by atoms with van der Waals surface area (Å²) in [5, 5.41) is 9.03. The minimum Gasteiger partial charge on any atom is -0.481 e. The SMILES string of the molecule is CCCCN(CCCc1ccccc1)CC(C)C(=O)O. The smallest absolute Gasteiger partial charge is 0.307 e. The fraction of sp³-hybridized carbons (Fsp3) is 0.588. The fourth-order valence-corrected chi connectivity index (χ4v) is 2.29. The molecule has 0 fully saturated rings. The molecule has 1 atom stereocenters. The Kier molecular flexibility index (Phi) is 7.97. The lowest BCUT2D eigenvalue weighted by Crippen LogP contribution is -2.33. The summed E-state index contributed by atoms with van der Waals surface area (Å²) in [6.45, 7) is 6.60. The number of aliphatic carboxylic acids is 1. The summed E-state index contributed by atoms with van der Waals surface area (Å²) in [6.07, 6.45) is 4.43. The molecule has 1 aromatic rings. The van der Waals surface area contributed by atoms with Crippen molar-refractivity contribution in [3.63, 3.8) is 0 Å². The Morgan fingerprint density at radius 2 is 1.85 bits per heavy atom. The van der Waals surface area contributed by atoms with Crippen LogP contribution in [-0.4, -0.2) is 35.6 Å². The van der Waals surface area contributed by atoms with Crippen molar-refractivity contribution in [2.45, 2.75) is 39.5 Å². The molecule has 1 unspecified atom stereocenters. The summed E-state index contributed by atoms with van der Waals surface area (Å²) in [5.74, 6) is -0.988. The third-order valence-electron chi connectivity index (χ3n) is 3.56. The van der Waals surface area contributed by atoms with E-state index in [9.17, 15) is 4.79 Å². The van der Waals surface area contributed by atoms with Crippen molar-refractivity contribution in [3.05, 3.63) is 35.9 Å². The van der Waals surface area contributed by atoms with Gasteiger partial charge in [-0.2, -0.15) is 0 Å². The molecule has 112 valence electrons. The van der Waals surface area contributed by atoms with Gasteiger partial charge >= 0.3 is 5.97 Å². The highest BCUT2D eigenvalue weighted by Crippen LogP contribution is 2.07. The number of carboxylic acid groups (broad SMARTS) is 1. The predicted molar refractivity (Wildman–Crippen MR) is 82.9 cm³/mol. The number of benzene rings is 1. The Morgan fingerprint density at radius 3 is 2.45 bits per heavy atom. The quantitative estimate of drug-likeness (QED) is 0.712. The molecule has 0 saturated carbocycles. The van der Waals surface area contributed by atoms with Crippen LogP contribution in [-0.2, 0) is 11.2 Å². The van der Waals surface area contributed by atoms with Crippen molar-refractivity contribution in [2.75, 3.05) is 19.6 Å². The van der Waals surface area contributed by atoms with Crippen LogP contribution < -0.4 is 0 Å². The maximum absolute atomic E-state index is 11.0. The van der Waals surface area contributed by atoms with Gasteiger partial charge in [0, 0.05) is 6.54 Å². The average Bonchev–Trinajstić information content (AvgIpc) is 2.45. The minimum atomic E-state index is -0.699. The van der Waals surface area contributed by atoms with Gasteiger partial charge in [-0.05, 0) is 37.9 Å². The zero-order valence-electron chi connectivity index (χ0n) is 12.7. The number of aryl methyl sites for hydroxylation is 1. The van der Waals surface area contributed by atoms with Gasteiger partial charge in [-0.3, -0.25) is 4.79 Å². The Balaban J connectivity index is 2.37. The Morgan fingerprint density at radius 1 is 1.20 bits per heavy atom. The van der Waals surface area contributed by atoms with E-state index in [2.05, 4.69) is 36.1 Å². The summed E-state index contributed by atoms with van der Waals surface area (Å²) < 4.78 is 0. The molecule has 0 saturated heterocycles. The molecule has 0 aliphatic heterocycles. The van der Waals surface area contributed by atoms with Gasteiger partial charge in [0.1, 0.15) is 0 Å². The zero-order valence-corrected chi connectivity index (χ0v) is 12.7. The van der Waals surface area contributed by atoms with Crippen molar-refractivity contribution in [2.24, 2.45) is 5.92 Å². The molecular formula is C17H27NO2. The number of unbranched alkanes of at least 4 members (excludes halogenated alkanes) is 1. The molecule has 0 heterocycles. The Bertz CT molecular complexity index is 378. The molecule has 3 nitrogen and oxygen atoms in total. The number of nitrogens with zero attached hydrogens (tertiary/aromatic N) is 1. The van der Waals surface area contributed by atoms with Crippen LogP contribution in [0.25, 0.3) is 0 Å². The Labute approximate surface area is 122 Å². The van der Waals surface area contributed by atoms with Crippen LogP contribution in [0.2, 0.25) is 0 Å². The van der Waals surface area contributed by atoms with Crippen LogP contribution in [0.4, 0.5) is 0 Å². The van der Waals surface area contributed by atoms with Crippen molar-refractivity contribution in [1.29, 1.82) is 0 Å². The highest BCUT2D eigenvalue weighted by molar-refractivity contribution is 5.69. The molecule has 0 aromatic heterocycles. The number of hydrogen-bond acceptors (Lipinski definition) is 2. The van der Waals surface area contributed by atoms with E-state index in [1.165, 1.54) is 5.56 Å². The fourth-order valence-electron chi connectivity index (χ4n) is 2.29. The van der Waals surface area contributed by atoms with Gasteiger partial charge in [0.15, 0.2) is 0 Å². The van der Waals surface area contributed by atoms with Crippen molar-refractivity contribution >= 4 is 5.97 Å². The molecule has 3 heteroatoms. The van der Waals surface area contributed by atoms with E-state index in [0.29, 0.717) is 6.54 Å². The maximum Gasteiger partial charge on any atom is 0.307 e. The van der Waals surface area contributed by atoms with Gasteiger partial charge in [-0.15, -0.1) is 0 Å². The molecule has 0 spiro atoms. The van der Waals surface area contributed by atoms with Crippen molar-refractivity contribution < 1.29 is 9.90 Å². The van der Waals surface area contributed by atoms with Crippen LogP contribution in [0.1, 0.15) is 38.7 Å². The molecule has 0 radical (unpaired) electrons. The van der Waals surface area contributed by atoms with Crippen LogP contribution in [0, 0.1) is 5.92 Å². The summed E-state index contributed by atoms with van der Waals surface area (Å²) in [6, 6.07) is 10.5. The van der Waals surface area contributed by atoms with E-state index < -0.39 is 5.97 Å². The number of rotatable bonds is 10. The second-order valence-corrected chi connectivity index (χ2v) is 5.48. The van der Waals surface area contributed by atoms with Gasteiger partial charge < -0.3 is 10.0 Å².